The normalized spacial score (nSPS) is 18.1. The lowest BCUT2D eigenvalue weighted by Gasteiger charge is -2.21. The SMILES string of the molecule is O=C(c1cc(Cl)ccc1Cl)N1CCS[C@H](c2cc(F)ccc2F)CC1. The summed E-state index contributed by atoms with van der Waals surface area (Å²) in [5.74, 6) is -0.449. The summed E-state index contributed by atoms with van der Waals surface area (Å²) >= 11 is 13.6. The Balaban J connectivity index is 1.76. The van der Waals surface area contributed by atoms with Crippen LogP contribution in [0.4, 0.5) is 8.78 Å². The fraction of sp³-hybridized carbons (Fsp3) is 0.278. The third-order valence-electron chi connectivity index (χ3n) is 4.09. The van der Waals surface area contributed by atoms with E-state index in [2.05, 4.69) is 0 Å². The van der Waals surface area contributed by atoms with Crippen LogP contribution in [-0.2, 0) is 0 Å². The van der Waals surface area contributed by atoms with E-state index in [1.807, 2.05) is 0 Å². The molecule has 0 N–H and O–H groups in total. The fourth-order valence-corrected chi connectivity index (χ4v) is 4.43. The third-order valence-corrected chi connectivity index (χ3v) is 5.97. The van der Waals surface area contributed by atoms with E-state index in [-0.39, 0.29) is 11.2 Å². The second kappa shape index (κ2) is 7.94. The van der Waals surface area contributed by atoms with Gasteiger partial charge in [-0.15, -0.1) is 0 Å². The number of nitrogens with zero attached hydrogens (tertiary/aromatic N) is 1. The molecule has 1 saturated heterocycles. The van der Waals surface area contributed by atoms with Gasteiger partial charge in [-0.1, -0.05) is 23.2 Å². The Kier molecular flexibility index (Phi) is 5.87. The highest BCUT2D eigenvalue weighted by Gasteiger charge is 2.26. The molecule has 1 fully saturated rings. The van der Waals surface area contributed by atoms with Crippen molar-refractivity contribution < 1.29 is 13.6 Å². The number of hydrogen-bond acceptors (Lipinski definition) is 2. The molecule has 0 saturated carbocycles. The van der Waals surface area contributed by atoms with Crippen LogP contribution in [-0.4, -0.2) is 29.6 Å². The van der Waals surface area contributed by atoms with E-state index in [1.165, 1.54) is 17.8 Å². The quantitative estimate of drug-likeness (QED) is 0.653. The van der Waals surface area contributed by atoms with Gasteiger partial charge in [-0.25, -0.2) is 8.78 Å². The second-order valence-electron chi connectivity index (χ2n) is 5.73. The lowest BCUT2D eigenvalue weighted by atomic mass is 10.1. The highest BCUT2D eigenvalue weighted by atomic mass is 35.5. The molecular weight excluding hydrogens is 387 g/mol. The molecule has 3 rings (SSSR count). The van der Waals surface area contributed by atoms with E-state index in [0.717, 1.165) is 12.1 Å². The van der Waals surface area contributed by atoms with E-state index in [9.17, 15) is 13.6 Å². The van der Waals surface area contributed by atoms with Crippen LogP contribution < -0.4 is 0 Å². The molecule has 1 heterocycles. The first-order chi connectivity index (χ1) is 12.0. The minimum absolute atomic E-state index is 0.191. The summed E-state index contributed by atoms with van der Waals surface area (Å²) in [6.45, 7) is 0.953. The molecule has 1 amide bonds. The molecule has 0 radical (unpaired) electrons. The molecule has 0 spiro atoms. The summed E-state index contributed by atoms with van der Waals surface area (Å²) < 4.78 is 27.5. The van der Waals surface area contributed by atoms with Gasteiger partial charge in [0.15, 0.2) is 0 Å². The zero-order valence-electron chi connectivity index (χ0n) is 13.1. The lowest BCUT2D eigenvalue weighted by Crippen LogP contribution is -2.33. The highest BCUT2D eigenvalue weighted by molar-refractivity contribution is 7.99. The number of halogens is 4. The number of carbonyl (C=O) groups excluding carboxylic acids is 1. The molecule has 1 aliphatic rings. The van der Waals surface area contributed by atoms with Gasteiger partial charge in [0.1, 0.15) is 11.6 Å². The smallest absolute Gasteiger partial charge is 0.255 e. The Morgan fingerprint density at radius 3 is 2.72 bits per heavy atom. The molecule has 0 unspecified atom stereocenters. The molecule has 2 aromatic rings. The van der Waals surface area contributed by atoms with Crippen molar-refractivity contribution in [3.8, 4) is 0 Å². The van der Waals surface area contributed by atoms with Crippen molar-refractivity contribution in [1.82, 2.24) is 4.90 Å². The Morgan fingerprint density at radius 1 is 1.12 bits per heavy atom. The molecule has 7 heteroatoms. The summed E-state index contributed by atoms with van der Waals surface area (Å²) in [5.41, 5.74) is 0.703. The van der Waals surface area contributed by atoms with Crippen molar-refractivity contribution >= 4 is 40.9 Å². The number of rotatable bonds is 2. The van der Waals surface area contributed by atoms with Crippen molar-refractivity contribution in [3.05, 3.63) is 69.2 Å². The largest absolute Gasteiger partial charge is 0.338 e. The maximum absolute atomic E-state index is 14.0. The van der Waals surface area contributed by atoms with Gasteiger partial charge in [0, 0.05) is 34.7 Å². The maximum Gasteiger partial charge on any atom is 0.255 e. The zero-order chi connectivity index (χ0) is 18.0. The molecule has 2 aromatic carbocycles. The van der Waals surface area contributed by atoms with Gasteiger partial charge in [-0.3, -0.25) is 4.79 Å². The average molecular weight is 402 g/mol. The topological polar surface area (TPSA) is 20.3 Å². The van der Waals surface area contributed by atoms with Crippen LogP contribution in [0.5, 0.6) is 0 Å². The minimum Gasteiger partial charge on any atom is -0.338 e. The lowest BCUT2D eigenvalue weighted by molar-refractivity contribution is 0.0766. The number of hydrogen-bond donors (Lipinski definition) is 0. The average Bonchev–Trinajstić information content (AvgIpc) is 2.84. The van der Waals surface area contributed by atoms with Crippen molar-refractivity contribution in [2.45, 2.75) is 11.7 Å². The molecule has 0 aromatic heterocycles. The highest BCUT2D eigenvalue weighted by Crippen LogP contribution is 2.36. The fourth-order valence-electron chi connectivity index (χ4n) is 2.81. The molecule has 0 aliphatic carbocycles. The Hall–Kier alpha value is -1.30. The first-order valence-corrected chi connectivity index (χ1v) is 9.57. The summed E-state index contributed by atoms with van der Waals surface area (Å²) in [6, 6.07) is 8.25. The van der Waals surface area contributed by atoms with E-state index >= 15 is 0 Å². The molecule has 1 atom stereocenters. The minimum atomic E-state index is -0.458. The van der Waals surface area contributed by atoms with Gasteiger partial charge in [0.05, 0.1) is 10.6 Å². The van der Waals surface area contributed by atoms with E-state index in [0.29, 0.717) is 46.4 Å². The van der Waals surface area contributed by atoms with Crippen LogP contribution in [0, 0.1) is 11.6 Å². The summed E-state index contributed by atoms with van der Waals surface area (Å²) in [5, 5.41) is 0.596. The molecule has 132 valence electrons. The van der Waals surface area contributed by atoms with Gasteiger partial charge in [-0.2, -0.15) is 11.8 Å². The van der Waals surface area contributed by atoms with Crippen LogP contribution in [0.25, 0.3) is 0 Å². The molecule has 0 bridgehead atoms. The van der Waals surface area contributed by atoms with Gasteiger partial charge in [0.25, 0.3) is 5.91 Å². The summed E-state index contributed by atoms with van der Waals surface area (Å²) in [6.07, 6.45) is 0.537. The molecule has 2 nitrogen and oxygen atoms in total. The second-order valence-corrected chi connectivity index (χ2v) is 7.88. The molecule has 1 aliphatic heterocycles. The number of carbonyl (C=O) groups is 1. The zero-order valence-corrected chi connectivity index (χ0v) is 15.5. The van der Waals surface area contributed by atoms with Crippen molar-refractivity contribution in [2.24, 2.45) is 0 Å². The van der Waals surface area contributed by atoms with Crippen LogP contribution in [0.1, 0.15) is 27.6 Å². The third kappa shape index (κ3) is 4.27. The van der Waals surface area contributed by atoms with Crippen LogP contribution in [0.2, 0.25) is 10.0 Å². The number of amides is 1. The Bertz CT molecular complexity index is 803. The Labute approximate surface area is 159 Å². The van der Waals surface area contributed by atoms with Gasteiger partial charge < -0.3 is 4.90 Å². The van der Waals surface area contributed by atoms with Gasteiger partial charge >= 0.3 is 0 Å². The molecule has 25 heavy (non-hydrogen) atoms. The van der Waals surface area contributed by atoms with Crippen molar-refractivity contribution in [2.75, 3.05) is 18.8 Å². The number of thioether (sulfide) groups is 1. The van der Waals surface area contributed by atoms with E-state index in [1.54, 1.807) is 23.1 Å². The predicted molar refractivity (Wildman–Crippen MR) is 98.5 cm³/mol. The van der Waals surface area contributed by atoms with E-state index < -0.39 is 11.6 Å². The van der Waals surface area contributed by atoms with Crippen molar-refractivity contribution in [3.63, 3.8) is 0 Å². The Morgan fingerprint density at radius 2 is 1.92 bits per heavy atom. The van der Waals surface area contributed by atoms with E-state index in [4.69, 9.17) is 23.2 Å². The summed E-state index contributed by atoms with van der Waals surface area (Å²) in [4.78, 5) is 14.4. The standard InChI is InChI=1S/C18H15Cl2F2NOS/c19-11-1-3-15(20)13(9-11)18(24)23-6-5-17(25-8-7-23)14-10-12(21)2-4-16(14)22/h1-4,9-10,17H,5-8H2/t17-/m0/s1. The first kappa shape index (κ1) is 18.5. The predicted octanol–water partition coefficient (Wildman–Crippen LogP) is 5.59. The van der Waals surface area contributed by atoms with Crippen LogP contribution in [0.3, 0.4) is 0 Å². The van der Waals surface area contributed by atoms with Crippen molar-refractivity contribution in [1.29, 1.82) is 0 Å². The van der Waals surface area contributed by atoms with Crippen LogP contribution >= 0.6 is 35.0 Å². The van der Waals surface area contributed by atoms with Gasteiger partial charge in [0.2, 0.25) is 0 Å². The summed E-state index contributed by atoms with van der Waals surface area (Å²) in [7, 11) is 0. The van der Waals surface area contributed by atoms with Gasteiger partial charge in [-0.05, 0) is 42.8 Å². The van der Waals surface area contributed by atoms with Crippen LogP contribution in [0.15, 0.2) is 36.4 Å². The first-order valence-electron chi connectivity index (χ1n) is 7.76. The maximum atomic E-state index is 14.0. The molecular formula is C18H15Cl2F2NOS. The number of benzene rings is 2. The monoisotopic (exact) mass is 401 g/mol.